The van der Waals surface area contributed by atoms with Gasteiger partial charge in [0.05, 0.1) is 23.9 Å². The van der Waals surface area contributed by atoms with Crippen LogP contribution in [0.5, 0.6) is 17.4 Å². The SMILES string of the molecule is C=CC(=O)Nc1ccc(-n2nc3c(=O)[nH]nc(N)c3c2-c2ccc(Oc3cccc(C)n3)c(OC)c2)cc1. The van der Waals surface area contributed by atoms with Gasteiger partial charge in [-0.15, -0.1) is 0 Å². The molecule has 0 radical (unpaired) electrons. The van der Waals surface area contributed by atoms with E-state index in [1.165, 1.54) is 13.2 Å². The number of rotatable bonds is 7. The summed E-state index contributed by atoms with van der Waals surface area (Å²) in [4.78, 5) is 28.6. The van der Waals surface area contributed by atoms with Crippen LogP contribution in [0, 0.1) is 6.92 Å². The summed E-state index contributed by atoms with van der Waals surface area (Å²) in [5.74, 6) is 1.10. The third kappa shape index (κ3) is 4.55. The van der Waals surface area contributed by atoms with E-state index >= 15 is 0 Å². The van der Waals surface area contributed by atoms with Gasteiger partial charge in [-0.3, -0.25) is 9.59 Å². The lowest BCUT2D eigenvalue weighted by Gasteiger charge is -2.14. The molecule has 5 rings (SSSR count). The highest BCUT2D eigenvalue weighted by Crippen LogP contribution is 2.39. The number of nitrogens with two attached hydrogens (primary N) is 1. The van der Waals surface area contributed by atoms with Gasteiger partial charge in [0.25, 0.3) is 5.56 Å². The van der Waals surface area contributed by atoms with Gasteiger partial charge in [0, 0.05) is 23.0 Å². The van der Waals surface area contributed by atoms with Gasteiger partial charge in [0.2, 0.25) is 11.8 Å². The fourth-order valence-electron chi connectivity index (χ4n) is 3.96. The molecule has 0 aliphatic rings. The molecule has 2 aromatic carbocycles. The number of ether oxygens (including phenoxy) is 2. The molecule has 0 unspecified atom stereocenters. The number of benzene rings is 2. The number of aromatic amines is 1. The van der Waals surface area contributed by atoms with E-state index in [9.17, 15) is 9.59 Å². The minimum atomic E-state index is -0.485. The molecule has 0 saturated heterocycles. The molecule has 38 heavy (non-hydrogen) atoms. The van der Waals surface area contributed by atoms with Crippen LogP contribution in [-0.2, 0) is 4.79 Å². The second-order valence-corrected chi connectivity index (χ2v) is 8.25. The molecule has 0 aliphatic heterocycles. The third-order valence-electron chi connectivity index (χ3n) is 5.71. The van der Waals surface area contributed by atoms with E-state index in [1.807, 2.05) is 19.1 Å². The van der Waals surface area contributed by atoms with Crippen molar-refractivity contribution in [3.8, 4) is 34.3 Å². The first-order valence-corrected chi connectivity index (χ1v) is 11.5. The predicted molar refractivity (Wildman–Crippen MR) is 144 cm³/mol. The summed E-state index contributed by atoms with van der Waals surface area (Å²) >= 11 is 0. The van der Waals surface area contributed by atoms with Crippen LogP contribution >= 0.6 is 0 Å². The number of pyridine rings is 1. The van der Waals surface area contributed by atoms with Crippen molar-refractivity contribution >= 4 is 28.3 Å². The van der Waals surface area contributed by atoms with Gasteiger partial charge in [-0.2, -0.15) is 10.2 Å². The Kier molecular flexibility index (Phi) is 6.32. The van der Waals surface area contributed by atoms with Gasteiger partial charge in [0.1, 0.15) is 0 Å². The lowest BCUT2D eigenvalue weighted by Crippen LogP contribution is -2.10. The highest BCUT2D eigenvalue weighted by Gasteiger charge is 2.22. The molecule has 0 aliphatic carbocycles. The molecule has 190 valence electrons. The second-order valence-electron chi connectivity index (χ2n) is 8.25. The van der Waals surface area contributed by atoms with Gasteiger partial charge in [-0.25, -0.2) is 14.8 Å². The predicted octanol–water partition coefficient (Wildman–Crippen LogP) is 3.99. The van der Waals surface area contributed by atoms with Crippen molar-refractivity contribution in [3.63, 3.8) is 0 Å². The summed E-state index contributed by atoms with van der Waals surface area (Å²) in [5, 5.41) is 13.9. The molecule has 5 aromatic rings. The number of H-pyrrole nitrogens is 1. The number of nitrogens with one attached hydrogen (secondary N) is 2. The number of aryl methyl sites for hydroxylation is 1. The Hall–Kier alpha value is -5.45. The highest BCUT2D eigenvalue weighted by molar-refractivity contribution is 6.01. The molecule has 11 nitrogen and oxygen atoms in total. The van der Waals surface area contributed by atoms with Crippen molar-refractivity contribution in [1.82, 2.24) is 25.0 Å². The molecule has 0 spiro atoms. The minimum Gasteiger partial charge on any atom is -0.493 e. The van der Waals surface area contributed by atoms with Gasteiger partial charge in [0.15, 0.2) is 22.8 Å². The maximum atomic E-state index is 12.6. The van der Waals surface area contributed by atoms with Crippen molar-refractivity contribution in [2.45, 2.75) is 6.92 Å². The van der Waals surface area contributed by atoms with E-state index < -0.39 is 5.56 Å². The maximum absolute atomic E-state index is 12.6. The van der Waals surface area contributed by atoms with E-state index in [2.05, 4.69) is 32.2 Å². The first-order chi connectivity index (χ1) is 18.4. The zero-order chi connectivity index (χ0) is 26.8. The number of nitrogen functional groups attached to an aromatic ring is 1. The molecule has 4 N–H and O–H groups in total. The number of nitrogens with zero attached hydrogens (tertiary/aromatic N) is 4. The van der Waals surface area contributed by atoms with Crippen molar-refractivity contribution in [2.24, 2.45) is 0 Å². The summed E-state index contributed by atoms with van der Waals surface area (Å²) in [6.45, 7) is 5.33. The van der Waals surface area contributed by atoms with Crippen LogP contribution in [0.3, 0.4) is 0 Å². The fraction of sp³-hybridized carbons (Fsp3) is 0.0741. The summed E-state index contributed by atoms with van der Waals surface area (Å²) < 4.78 is 13.2. The van der Waals surface area contributed by atoms with Crippen molar-refractivity contribution in [1.29, 1.82) is 0 Å². The number of anilines is 2. The largest absolute Gasteiger partial charge is 0.493 e. The van der Waals surface area contributed by atoms with E-state index in [0.717, 1.165) is 5.69 Å². The van der Waals surface area contributed by atoms with Crippen LogP contribution in [0.15, 0.2) is 78.1 Å². The van der Waals surface area contributed by atoms with Crippen LogP contribution < -0.4 is 26.1 Å². The Morgan fingerprint density at radius 2 is 1.92 bits per heavy atom. The average molecular weight is 510 g/mol. The van der Waals surface area contributed by atoms with Crippen LogP contribution in [0.2, 0.25) is 0 Å². The third-order valence-corrected chi connectivity index (χ3v) is 5.71. The smallest absolute Gasteiger partial charge is 0.292 e. The molecule has 3 heterocycles. The number of carbonyl (C=O) groups is 1. The zero-order valence-electron chi connectivity index (χ0n) is 20.6. The first kappa shape index (κ1) is 24.3. The molecule has 3 aromatic heterocycles. The Labute approximate surface area is 216 Å². The van der Waals surface area contributed by atoms with Crippen LogP contribution in [-0.4, -0.2) is 38.0 Å². The van der Waals surface area contributed by atoms with Gasteiger partial charge in [-0.05, 0) is 61.5 Å². The van der Waals surface area contributed by atoms with Crippen LogP contribution in [0.25, 0.3) is 27.8 Å². The lowest BCUT2D eigenvalue weighted by molar-refractivity contribution is -0.111. The summed E-state index contributed by atoms with van der Waals surface area (Å²) in [6, 6.07) is 17.7. The van der Waals surface area contributed by atoms with Crippen molar-refractivity contribution in [2.75, 3.05) is 18.2 Å². The number of amides is 1. The normalized spacial score (nSPS) is 10.8. The number of hydrogen-bond acceptors (Lipinski definition) is 8. The number of carbonyl (C=O) groups excluding carboxylic acids is 1. The first-order valence-electron chi connectivity index (χ1n) is 11.5. The van der Waals surface area contributed by atoms with E-state index in [1.54, 1.807) is 53.2 Å². The monoisotopic (exact) mass is 509 g/mol. The Balaban J connectivity index is 1.65. The Morgan fingerprint density at radius 1 is 1.13 bits per heavy atom. The van der Waals surface area contributed by atoms with E-state index in [-0.39, 0.29) is 17.2 Å². The quantitative estimate of drug-likeness (QED) is 0.279. The topological polar surface area (TPSA) is 150 Å². The van der Waals surface area contributed by atoms with Crippen LogP contribution in [0.1, 0.15) is 5.69 Å². The molecule has 0 saturated carbocycles. The number of methoxy groups -OCH3 is 1. The molecular weight excluding hydrogens is 486 g/mol. The molecule has 11 heteroatoms. The maximum Gasteiger partial charge on any atom is 0.292 e. The summed E-state index contributed by atoms with van der Waals surface area (Å²) in [7, 11) is 1.53. The van der Waals surface area contributed by atoms with Gasteiger partial charge in [-0.1, -0.05) is 12.6 Å². The van der Waals surface area contributed by atoms with Gasteiger partial charge < -0.3 is 20.5 Å². The molecule has 0 bridgehead atoms. The lowest BCUT2D eigenvalue weighted by atomic mass is 10.1. The molecule has 0 fully saturated rings. The van der Waals surface area contributed by atoms with Crippen molar-refractivity contribution < 1.29 is 14.3 Å². The molecular formula is C27H23N7O4. The van der Waals surface area contributed by atoms with Crippen molar-refractivity contribution in [3.05, 3.63) is 89.4 Å². The van der Waals surface area contributed by atoms with E-state index in [4.69, 9.17) is 15.2 Å². The van der Waals surface area contributed by atoms with Gasteiger partial charge >= 0.3 is 0 Å². The minimum absolute atomic E-state index is 0.110. The average Bonchev–Trinajstić information content (AvgIpc) is 3.33. The summed E-state index contributed by atoms with van der Waals surface area (Å²) in [5.41, 5.74) is 9.04. The number of aromatic nitrogens is 5. The molecule has 0 atom stereocenters. The fourth-order valence-corrected chi connectivity index (χ4v) is 3.96. The zero-order valence-corrected chi connectivity index (χ0v) is 20.6. The molecule has 1 amide bonds. The highest BCUT2D eigenvalue weighted by atomic mass is 16.5. The second kappa shape index (κ2) is 9.90. The van der Waals surface area contributed by atoms with Crippen LogP contribution in [0.4, 0.5) is 11.5 Å². The standard InChI is InChI=1S/C27H23N7O4/c1-4-21(35)30-17-9-11-18(12-10-17)34-25(23-24(33-34)27(36)32-31-26(23)28)16-8-13-19(20(14-16)37-3)38-22-7-5-6-15(2)29-22/h4-14H,1H2,2-3H3,(H2,28,31)(H,30,35)(H,32,36). The summed E-state index contributed by atoms with van der Waals surface area (Å²) in [6.07, 6.45) is 1.18. The number of fused-ring (bicyclic) bond motifs is 1. The Bertz CT molecular complexity index is 1740. The number of hydrogen-bond donors (Lipinski definition) is 3. The van der Waals surface area contributed by atoms with E-state index in [0.29, 0.717) is 45.4 Å². The Morgan fingerprint density at radius 3 is 2.63 bits per heavy atom.